The van der Waals surface area contributed by atoms with Crippen LogP contribution in [-0.2, 0) is 11.3 Å². The minimum atomic E-state index is -0.296. The largest absolute Gasteiger partial charge is 0.355 e. The number of rotatable bonds is 5. The molecule has 6 heteroatoms. The van der Waals surface area contributed by atoms with Crippen molar-refractivity contribution in [2.75, 3.05) is 6.54 Å². The Morgan fingerprint density at radius 1 is 1.38 bits per heavy atom. The molecular formula is C15H19N3O2S. The van der Waals surface area contributed by atoms with E-state index in [0.29, 0.717) is 29.1 Å². The lowest BCUT2D eigenvalue weighted by Crippen LogP contribution is -2.31. The third-order valence-corrected chi connectivity index (χ3v) is 4.24. The van der Waals surface area contributed by atoms with Crippen LogP contribution in [0, 0.1) is 0 Å². The highest BCUT2D eigenvalue weighted by Gasteiger charge is 2.18. The summed E-state index contributed by atoms with van der Waals surface area (Å²) in [4.78, 5) is 28.9. The van der Waals surface area contributed by atoms with Crippen molar-refractivity contribution in [3.05, 3.63) is 34.6 Å². The second-order valence-corrected chi connectivity index (χ2v) is 5.92. The molecule has 0 radical (unpaired) electrons. The first kappa shape index (κ1) is 15.6. The maximum atomic E-state index is 12.5. The Kier molecular flexibility index (Phi) is 5.01. The number of amides is 1. The fraction of sp³-hybridized carbons (Fsp3) is 0.400. The van der Waals surface area contributed by atoms with E-state index in [-0.39, 0.29) is 16.7 Å². The summed E-state index contributed by atoms with van der Waals surface area (Å²) in [6.07, 6.45) is 0. The Balaban J connectivity index is 2.43. The predicted molar refractivity (Wildman–Crippen MR) is 85.7 cm³/mol. The highest BCUT2D eigenvalue weighted by Crippen LogP contribution is 2.22. The molecule has 1 N–H and O–H groups in total. The molecule has 2 rings (SSSR count). The van der Waals surface area contributed by atoms with E-state index in [2.05, 4.69) is 10.3 Å². The van der Waals surface area contributed by atoms with Crippen LogP contribution in [0.3, 0.4) is 0 Å². The number of aromatic nitrogens is 2. The van der Waals surface area contributed by atoms with Crippen LogP contribution >= 0.6 is 11.8 Å². The van der Waals surface area contributed by atoms with E-state index in [4.69, 9.17) is 0 Å². The highest BCUT2D eigenvalue weighted by molar-refractivity contribution is 8.00. The van der Waals surface area contributed by atoms with E-state index < -0.39 is 0 Å². The third kappa shape index (κ3) is 3.26. The van der Waals surface area contributed by atoms with Gasteiger partial charge in [-0.1, -0.05) is 23.9 Å². The van der Waals surface area contributed by atoms with E-state index in [0.717, 1.165) is 0 Å². The standard InChI is InChI=1S/C15H19N3O2S/c1-4-16-13(19)10(3)21-15-17-12-9-7-6-8-11(12)14(20)18(15)5-2/h6-10H,4-5H2,1-3H3,(H,16,19)/t10-/m0/s1. The third-order valence-electron chi connectivity index (χ3n) is 3.15. The molecule has 0 aliphatic rings. The Bertz CT molecular complexity index is 712. The van der Waals surface area contributed by atoms with Crippen molar-refractivity contribution < 1.29 is 4.79 Å². The SMILES string of the molecule is CCNC(=O)[C@H](C)Sc1nc2ccccc2c(=O)n1CC. The van der Waals surface area contributed by atoms with Gasteiger partial charge >= 0.3 is 0 Å². The van der Waals surface area contributed by atoms with Crippen LogP contribution in [0.25, 0.3) is 10.9 Å². The van der Waals surface area contributed by atoms with Gasteiger partial charge in [-0.3, -0.25) is 14.2 Å². The summed E-state index contributed by atoms with van der Waals surface area (Å²) in [6, 6.07) is 7.28. The number of para-hydroxylation sites is 1. The van der Waals surface area contributed by atoms with Crippen molar-refractivity contribution in [3.8, 4) is 0 Å². The smallest absolute Gasteiger partial charge is 0.262 e. The van der Waals surface area contributed by atoms with Gasteiger partial charge in [-0.15, -0.1) is 0 Å². The van der Waals surface area contributed by atoms with E-state index in [1.165, 1.54) is 11.8 Å². The molecule has 2 aromatic rings. The van der Waals surface area contributed by atoms with Gasteiger partial charge < -0.3 is 5.32 Å². The highest BCUT2D eigenvalue weighted by atomic mass is 32.2. The molecule has 0 spiro atoms. The first-order chi connectivity index (χ1) is 10.1. The van der Waals surface area contributed by atoms with Crippen LogP contribution in [-0.4, -0.2) is 27.3 Å². The lowest BCUT2D eigenvalue weighted by molar-refractivity contribution is -0.120. The average molecular weight is 305 g/mol. The molecule has 1 atom stereocenters. The second-order valence-electron chi connectivity index (χ2n) is 4.62. The second kappa shape index (κ2) is 6.76. The molecule has 1 heterocycles. The zero-order valence-corrected chi connectivity index (χ0v) is 13.2. The molecular weight excluding hydrogens is 286 g/mol. The van der Waals surface area contributed by atoms with Gasteiger partial charge in [0.15, 0.2) is 5.16 Å². The molecule has 5 nitrogen and oxygen atoms in total. The molecule has 0 saturated carbocycles. The fourth-order valence-corrected chi connectivity index (χ4v) is 3.04. The number of hydrogen-bond donors (Lipinski definition) is 1. The van der Waals surface area contributed by atoms with Crippen LogP contribution in [0.2, 0.25) is 0 Å². The number of hydrogen-bond acceptors (Lipinski definition) is 4. The van der Waals surface area contributed by atoms with Crippen molar-refractivity contribution in [2.24, 2.45) is 0 Å². The monoisotopic (exact) mass is 305 g/mol. The van der Waals surface area contributed by atoms with Gasteiger partial charge in [0.25, 0.3) is 5.56 Å². The summed E-state index contributed by atoms with van der Waals surface area (Å²) in [5, 5.41) is 3.67. The summed E-state index contributed by atoms with van der Waals surface area (Å²) in [5.41, 5.74) is 0.603. The van der Waals surface area contributed by atoms with Gasteiger partial charge in [0.2, 0.25) is 5.91 Å². The van der Waals surface area contributed by atoms with Crippen molar-refractivity contribution in [3.63, 3.8) is 0 Å². The van der Waals surface area contributed by atoms with Crippen molar-refractivity contribution in [1.82, 2.24) is 14.9 Å². The molecule has 0 aliphatic carbocycles. The van der Waals surface area contributed by atoms with Crippen molar-refractivity contribution >= 4 is 28.6 Å². The zero-order chi connectivity index (χ0) is 15.4. The van der Waals surface area contributed by atoms with Gasteiger partial charge in [-0.25, -0.2) is 4.98 Å². The van der Waals surface area contributed by atoms with Gasteiger partial charge in [-0.05, 0) is 32.9 Å². The van der Waals surface area contributed by atoms with Crippen LogP contribution < -0.4 is 10.9 Å². The quantitative estimate of drug-likeness (QED) is 0.678. The van der Waals surface area contributed by atoms with Gasteiger partial charge in [-0.2, -0.15) is 0 Å². The van der Waals surface area contributed by atoms with Crippen molar-refractivity contribution in [1.29, 1.82) is 0 Å². The zero-order valence-electron chi connectivity index (χ0n) is 12.4. The summed E-state index contributed by atoms with van der Waals surface area (Å²) >= 11 is 1.31. The predicted octanol–water partition coefficient (Wildman–Crippen LogP) is 2.03. The number of carbonyl (C=O) groups excluding carboxylic acids is 1. The topological polar surface area (TPSA) is 64.0 Å². The van der Waals surface area contributed by atoms with Crippen LogP contribution in [0.15, 0.2) is 34.2 Å². The molecule has 0 unspecified atom stereocenters. The minimum absolute atomic E-state index is 0.0486. The van der Waals surface area contributed by atoms with E-state index >= 15 is 0 Å². The summed E-state index contributed by atoms with van der Waals surface area (Å²) in [5.74, 6) is -0.0486. The Hall–Kier alpha value is -1.82. The number of benzene rings is 1. The van der Waals surface area contributed by atoms with E-state index in [9.17, 15) is 9.59 Å². The number of nitrogens with zero attached hydrogens (tertiary/aromatic N) is 2. The maximum absolute atomic E-state index is 12.5. The van der Waals surface area contributed by atoms with Crippen molar-refractivity contribution in [2.45, 2.75) is 37.7 Å². The summed E-state index contributed by atoms with van der Waals surface area (Å²) in [7, 11) is 0. The molecule has 0 aliphatic heterocycles. The molecule has 21 heavy (non-hydrogen) atoms. The minimum Gasteiger partial charge on any atom is -0.355 e. The number of carbonyl (C=O) groups is 1. The molecule has 0 fully saturated rings. The number of fused-ring (bicyclic) bond motifs is 1. The number of thioether (sulfide) groups is 1. The maximum Gasteiger partial charge on any atom is 0.262 e. The Morgan fingerprint density at radius 2 is 2.10 bits per heavy atom. The summed E-state index contributed by atoms with van der Waals surface area (Å²) < 4.78 is 1.61. The fourth-order valence-electron chi connectivity index (χ4n) is 2.05. The van der Waals surface area contributed by atoms with Crippen LogP contribution in [0.1, 0.15) is 20.8 Å². The lowest BCUT2D eigenvalue weighted by Gasteiger charge is -2.14. The van der Waals surface area contributed by atoms with Crippen LogP contribution in [0.5, 0.6) is 0 Å². The van der Waals surface area contributed by atoms with Gasteiger partial charge in [0, 0.05) is 13.1 Å². The summed E-state index contributed by atoms with van der Waals surface area (Å²) in [6.45, 7) is 6.72. The number of nitrogens with one attached hydrogen (secondary N) is 1. The van der Waals surface area contributed by atoms with Gasteiger partial charge in [0.1, 0.15) is 0 Å². The normalized spacial score (nSPS) is 12.3. The molecule has 1 aromatic carbocycles. The molecule has 0 saturated heterocycles. The Labute approximate surface area is 127 Å². The van der Waals surface area contributed by atoms with E-state index in [1.807, 2.05) is 39.0 Å². The lowest BCUT2D eigenvalue weighted by atomic mass is 10.2. The molecule has 1 amide bonds. The van der Waals surface area contributed by atoms with Crippen LogP contribution in [0.4, 0.5) is 0 Å². The average Bonchev–Trinajstić information content (AvgIpc) is 2.48. The molecule has 0 bridgehead atoms. The first-order valence-corrected chi connectivity index (χ1v) is 7.90. The Morgan fingerprint density at radius 3 is 2.76 bits per heavy atom. The van der Waals surface area contributed by atoms with E-state index in [1.54, 1.807) is 10.6 Å². The molecule has 112 valence electrons. The molecule has 1 aromatic heterocycles. The first-order valence-electron chi connectivity index (χ1n) is 7.02. The van der Waals surface area contributed by atoms with Gasteiger partial charge in [0.05, 0.1) is 16.2 Å².